The van der Waals surface area contributed by atoms with Crippen LogP contribution >= 0.6 is 0 Å². The Kier molecular flexibility index (Phi) is 13.8. The minimum atomic E-state index is -0.923. The average Bonchev–Trinajstić information content (AvgIpc) is 2.90. The van der Waals surface area contributed by atoms with Crippen molar-refractivity contribution in [2.45, 2.75) is 90.8 Å². The van der Waals surface area contributed by atoms with Crippen molar-refractivity contribution in [3.05, 3.63) is 0 Å². The maximum absolute atomic E-state index is 13.6. The summed E-state index contributed by atoms with van der Waals surface area (Å²) in [6.45, 7) is 6.62. The Hall–Kier alpha value is -3.09. The number of hydrogen-bond donors (Lipinski definition) is 5. The topological polar surface area (TPSA) is 175 Å². The first-order chi connectivity index (χ1) is 18.7. The van der Waals surface area contributed by atoms with Gasteiger partial charge in [0, 0.05) is 19.0 Å². The Labute approximate surface area is 230 Å². The first kappa shape index (κ1) is 32.1. The number of nitrogens with one attached hydrogen (secondary N) is 4. The smallest absolute Gasteiger partial charge is 0.411 e. The highest BCUT2D eigenvalue weighted by Gasteiger charge is 2.37. The molecule has 2 rings (SSSR count). The summed E-state index contributed by atoms with van der Waals surface area (Å²) < 4.78 is 10.3. The van der Waals surface area contributed by atoms with E-state index in [-0.39, 0.29) is 32.0 Å². The molecule has 2 aliphatic heterocycles. The molecule has 2 saturated heterocycles. The molecular formula is C26H45N5O8. The Morgan fingerprint density at radius 1 is 1.08 bits per heavy atom. The molecule has 2 fully saturated rings. The van der Waals surface area contributed by atoms with Crippen LogP contribution in [0.15, 0.2) is 0 Å². The molecule has 0 aromatic carbocycles. The molecule has 13 heteroatoms. The van der Waals surface area contributed by atoms with Crippen LogP contribution in [0.1, 0.15) is 78.6 Å². The van der Waals surface area contributed by atoms with Crippen molar-refractivity contribution in [1.29, 1.82) is 0 Å². The van der Waals surface area contributed by atoms with Crippen molar-refractivity contribution in [2.75, 3.05) is 26.3 Å². The molecule has 0 bridgehead atoms. The normalized spacial score (nSPS) is 25.7. The Balaban J connectivity index is 2.28. The van der Waals surface area contributed by atoms with Gasteiger partial charge in [0.1, 0.15) is 12.2 Å². The summed E-state index contributed by atoms with van der Waals surface area (Å²) in [7, 11) is 0. The zero-order valence-electron chi connectivity index (χ0n) is 23.3. The van der Waals surface area contributed by atoms with Crippen molar-refractivity contribution in [1.82, 2.24) is 26.3 Å². The lowest BCUT2D eigenvalue weighted by Crippen LogP contribution is -2.58. The predicted molar refractivity (Wildman–Crippen MR) is 140 cm³/mol. The molecule has 0 saturated carbocycles. The second-order valence-corrected chi connectivity index (χ2v) is 10.5. The number of ether oxygens (including phenoxy) is 2. The fourth-order valence-electron chi connectivity index (χ4n) is 5.06. The molecule has 0 aliphatic carbocycles. The van der Waals surface area contributed by atoms with Gasteiger partial charge in [-0.25, -0.2) is 15.1 Å². The average molecular weight is 556 g/mol. The van der Waals surface area contributed by atoms with Crippen LogP contribution in [0, 0.1) is 17.8 Å². The van der Waals surface area contributed by atoms with Gasteiger partial charge in [-0.2, -0.15) is 0 Å². The SMILES string of the molecule is CCOC(=O)N1CCCCC1NC(=O)[C@@H]1CCCCNC(=O)OCCC[C@H](C(=O)NO)[C@@H](CC(C)C)C(=O)N1. The number of piperidine rings is 1. The van der Waals surface area contributed by atoms with Crippen LogP contribution in [-0.2, 0) is 23.9 Å². The number of cyclic esters (lactones) is 1. The molecule has 0 aromatic rings. The van der Waals surface area contributed by atoms with Crippen LogP contribution in [0.5, 0.6) is 0 Å². The number of carbonyl (C=O) groups excluding carboxylic acids is 5. The fraction of sp³-hybridized carbons (Fsp3) is 0.808. The third-order valence-electron chi connectivity index (χ3n) is 7.02. The number of carbonyl (C=O) groups is 5. The number of alkyl carbamates (subject to hydrolysis) is 1. The molecule has 222 valence electrons. The van der Waals surface area contributed by atoms with E-state index in [0.717, 1.165) is 12.8 Å². The number of rotatable bonds is 6. The van der Waals surface area contributed by atoms with Crippen molar-refractivity contribution in [3.8, 4) is 0 Å². The molecule has 0 aromatic heterocycles. The van der Waals surface area contributed by atoms with Crippen molar-refractivity contribution in [3.63, 3.8) is 0 Å². The van der Waals surface area contributed by atoms with Gasteiger partial charge in [-0.05, 0) is 70.6 Å². The highest BCUT2D eigenvalue weighted by molar-refractivity contribution is 5.91. The van der Waals surface area contributed by atoms with E-state index in [2.05, 4.69) is 16.0 Å². The quantitative estimate of drug-likeness (QED) is 0.244. The second kappa shape index (κ2) is 16.8. The minimum absolute atomic E-state index is 0.0477. The molecular weight excluding hydrogens is 510 g/mol. The monoisotopic (exact) mass is 555 g/mol. The summed E-state index contributed by atoms with van der Waals surface area (Å²) in [6.07, 6.45) is 2.75. The maximum atomic E-state index is 13.6. The molecule has 2 heterocycles. The van der Waals surface area contributed by atoms with E-state index in [1.54, 1.807) is 12.4 Å². The van der Waals surface area contributed by atoms with Gasteiger partial charge in [-0.15, -0.1) is 0 Å². The van der Waals surface area contributed by atoms with E-state index in [1.807, 2.05) is 13.8 Å². The molecule has 5 N–H and O–H groups in total. The Morgan fingerprint density at radius 2 is 1.82 bits per heavy atom. The molecule has 4 atom stereocenters. The van der Waals surface area contributed by atoms with Crippen LogP contribution in [0.25, 0.3) is 0 Å². The van der Waals surface area contributed by atoms with Crippen LogP contribution in [0.2, 0.25) is 0 Å². The summed E-state index contributed by atoms with van der Waals surface area (Å²) in [4.78, 5) is 65.6. The van der Waals surface area contributed by atoms with Crippen molar-refractivity contribution in [2.24, 2.45) is 17.8 Å². The zero-order chi connectivity index (χ0) is 28.8. The summed E-state index contributed by atoms with van der Waals surface area (Å²) in [6, 6.07) is -0.923. The highest BCUT2D eigenvalue weighted by atomic mass is 16.6. The lowest BCUT2D eigenvalue weighted by Gasteiger charge is -2.36. The van der Waals surface area contributed by atoms with E-state index in [9.17, 15) is 29.2 Å². The number of nitrogens with zero attached hydrogens (tertiary/aromatic N) is 1. The van der Waals surface area contributed by atoms with Gasteiger partial charge in [0.2, 0.25) is 17.7 Å². The standard InChI is InChI=1S/C26H45N5O8/c1-4-38-26(36)31-14-8-6-12-21(31)29-24(34)20-11-5-7-13-27-25(35)39-15-9-10-18(23(33)30-37)19(16-17(2)3)22(32)28-20/h17-21,37H,4-16H2,1-3H3,(H,27,35)(H,28,32)(H,29,34)(H,30,33)/t18-,19+,20-,21?/m0/s1. The Morgan fingerprint density at radius 3 is 2.51 bits per heavy atom. The number of amides is 5. The number of hydrogen-bond acceptors (Lipinski definition) is 8. The van der Waals surface area contributed by atoms with Crippen LogP contribution in [-0.4, -0.2) is 78.5 Å². The lowest BCUT2D eigenvalue weighted by atomic mass is 9.81. The lowest BCUT2D eigenvalue weighted by molar-refractivity contribution is -0.142. The molecule has 5 amide bonds. The van der Waals surface area contributed by atoms with E-state index < -0.39 is 54.0 Å². The Bertz CT molecular complexity index is 839. The van der Waals surface area contributed by atoms with Crippen LogP contribution in [0.4, 0.5) is 9.59 Å². The first-order valence-corrected chi connectivity index (χ1v) is 14.1. The third-order valence-corrected chi connectivity index (χ3v) is 7.02. The van der Waals surface area contributed by atoms with Crippen LogP contribution < -0.4 is 21.4 Å². The molecule has 1 unspecified atom stereocenters. The van der Waals surface area contributed by atoms with Crippen LogP contribution in [0.3, 0.4) is 0 Å². The fourth-order valence-corrected chi connectivity index (χ4v) is 5.06. The van der Waals surface area contributed by atoms with E-state index in [0.29, 0.717) is 45.2 Å². The van der Waals surface area contributed by atoms with E-state index in [1.165, 1.54) is 4.90 Å². The highest BCUT2D eigenvalue weighted by Crippen LogP contribution is 2.26. The molecule has 39 heavy (non-hydrogen) atoms. The summed E-state index contributed by atoms with van der Waals surface area (Å²) in [5.74, 6) is -3.28. The summed E-state index contributed by atoms with van der Waals surface area (Å²) >= 11 is 0. The third kappa shape index (κ3) is 10.5. The molecule has 13 nitrogen and oxygen atoms in total. The number of likely N-dealkylation sites (tertiary alicyclic amines) is 1. The minimum Gasteiger partial charge on any atom is -0.450 e. The van der Waals surface area contributed by atoms with Gasteiger partial charge in [0.05, 0.1) is 19.1 Å². The largest absolute Gasteiger partial charge is 0.450 e. The second-order valence-electron chi connectivity index (χ2n) is 10.5. The van der Waals surface area contributed by atoms with Crippen molar-refractivity contribution >= 4 is 29.9 Å². The van der Waals surface area contributed by atoms with Gasteiger partial charge >= 0.3 is 12.2 Å². The van der Waals surface area contributed by atoms with Gasteiger partial charge in [0.25, 0.3) is 0 Å². The molecule has 2 aliphatic rings. The van der Waals surface area contributed by atoms with E-state index in [4.69, 9.17) is 9.47 Å². The van der Waals surface area contributed by atoms with E-state index >= 15 is 0 Å². The van der Waals surface area contributed by atoms with Gasteiger partial charge in [0.15, 0.2) is 0 Å². The molecule has 0 radical (unpaired) electrons. The number of hydroxylamine groups is 1. The van der Waals surface area contributed by atoms with Gasteiger partial charge in [-0.3, -0.25) is 24.5 Å². The van der Waals surface area contributed by atoms with Gasteiger partial charge < -0.3 is 25.4 Å². The van der Waals surface area contributed by atoms with Crippen molar-refractivity contribution < 1.29 is 38.7 Å². The molecule has 0 spiro atoms. The van der Waals surface area contributed by atoms with Gasteiger partial charge in [-0.1, -0.05) is 13.8 Å². The summed E-state index contributed by atoms with van der Waals surface area (Å²) in [5, 5.41) is 17.8. The first-order valence-electron chi connectivity index (χ1n) is 14.1. The summed E-state index contributed by atoms with van der Waals surface area (Å²) in [5.41, 5.74) is 1.66. The maximum Gasteiger partial charge on any atom is 0.411 e. The zero-order valence-corrected chi connectivity index (χ0v) is 23.3. The predicted octanol–water partition coefficient (Wildman–Crippen LogP) is 2.03.